The largest absolute Gasteiger partial charge is 0.218 e. The molecule has 1 rings (SSSR count). The number of nitrogens with one attached hydrogen (secondary N) is 1. The van der Waals surface area contributed by atoms with Crippen LogP contribution in [0.2, 0.25) is 0 Å². The summed E-state index contributed by atoms with van der Waals surface area (Å²) in [5.41, 5.74) is 0.420. The molecule has 0 aliphatic rings. The Kier molecular flexibility index (Phi) is 3.82. The minimum Gasteiger partial charge on any atom is -0.218 e. The third kappa shape index (κ3) is 3.00. The lowest BCUT2D eigenvalue weighted by atomic mass is 10.1. The average Bonchev–Trinajstić information content (AvgIpc) is 2.21. The van der Waals surface area contributed by atoms with Crippen molar-refractivity contribution in [3.8, 4) is 0 Å². The van der Waals surface area contributed by atoms with Crippen molar-refractivity contribution in [2.75, 3.05) is 7.05 Å². The van der Waals surface area contributed by atoms with Gasteiger partial charge in [-0.2, -0.15) is 0 Å². The summed E-state index contributed by atoms with van der Waals surface area (Å²) in [4.78, 5) is 0. The first-order valence-corrected chi connectivity index (χ1v) is 6.17. The van der Waals surface area contributed by atoms with Crippen LogP contribution < -0.4 is 4.72 Å². The molecule has 0 saturated carbocycles. The maximum atomic E-state index is 13.2. The van der Waals surface area contributed by atoms with Crippen LogP contribution in [0.25, 0.3) is 0 Å². The van der Waals surface area contributed by atoms with Crippen molar-refractivity contribution in [2.45, 2.75) is 18.6 Å². The van der Waals surface area contributed by atoms with E-state index < -0.39 is 15.3 Å². The summed E-state index contributed by atoms with van der Waals surface area (Å²) in [6.45, 7) is 1.55. The quantitative estimate of drug-likeness (QED) is 0.849. The first kappa shape index (κ1) is 12.1. The van der Waals surface area contributed by atoms with Crippen LogP contribution in [0, 0.1) is 5.82 Å². The van der Waals surface area contributed by atoms with E-state index in [0.717, 1.165) is 0 Å². The highest BCUT2D eigenvalue weighted by Gasteiger charge is 2.19. The first-order valence-electron chi connectivity index (χ1n) is 4.63. The Morgan fingerprint density at radius 3 is 2.53 bits per heavy atom. The Hall–Kier alpha value is -0.940. The molecule has 0 fully saturated rings. The van der Waals surface area contributed by atoms with Crippen LogP contribution in [0.5, 0.6) is 0 Å². The normalized spacial score (nSPS) is 13.8. The van der Waals surface area contributed by atoms with Gasteiger partial charge in [0, 0.05) is 0 Å². The Morgan fingerprint density at radius 1 is 1.40 bits per heavy atom. The highest BCUT2D eigenvalue weighted by molar-refractivity contribution is 7.90. The third-order valence-corrected chi connectivity index (χ3v) is 4.07. The van der Waals surface area contributed by atoms with Crippen molar-refractivity contribution in [3.63, 3.8) is 0 Å². The van der Waals surface area contributed by atoms with Gasteiger partial charge in [-0.05, 0) is 32.0 Å². The lowest BCUT2D eigenvalue weighted by Crippen LogP contribution is -2.31. The lowest BCUT2D eigenvalue weighted by molar-refractivity contribution is 0.569. The molecule has 1 aromatic rings. The lowest BCUT2D eigenvalue weighted by Gasteiger charge is -2.12. The van der Waals surface area contributed by atoms with Crippen molar-refractivity contribution >= 4 is 10.0 Å². The molecular weight excluding hydrogens is 217 g/mol. The molecule has 1 N–H and O–H groups in total. The molecule has 1 aromatic carbocycles. The Morgan fingerprint density at radius 2 is 2.00 bits per heavy atom. The van der Waals surface area contributed by atoms with E-state index in [1.165, 1.54) is 13.1 Å². The molecule has 1 atom stereocenters. The second-order valence-corrected chi connectivity index (χ2v) is 5.66. The van der Waals surface area contributed by atoms with Crippen molar-refractivity contribution in [3.05, 3.63) is 35.6 Å². The highest BCUT2D eigenvalue weighted by Crippen LogP contribution is 2.12. The van der Waals surface area contributed by atoms with E-state index in [-0.39, 0.29) is 12.2 Å². The number of rotatable bonds is 4. The maximum Gasteiger partial charge on any atom is 0.214 e. The summed E-state index contributed by atoms with van der Waals surface area (Å²) in [6.07, 6.45) is 0.176. The van der Waals surface area contributed by atoms with E-state index in [1.54, 1.807) is 25.1 Å². The van der Waals surface area contributed by atoms with E-state index in [2.05, 4.69) is 4.72 Å². The van der Waals surface area contributed by atoms with Gasteiger partial charge in [0.05, 0.1) is 5.25 Å². The summed E-state index contributed by atoms with van der Waals surface area (Å²) in [5, 5.41) is -0.639. The SMILES string of the molecule is CNS(=O)(=O)C(C)Cc1ccccc1F. The van der Waals surface area contributed by atoms with Gasteiger partial charge >= 0.3 is 0 Å². The summed E-state index contributed by atoms with van der Waals surface area (Å²) in [6, 6.07) is 6.19. The Bertz CT molecular complexity index is 431. The van der Waals surface area contributed by atoms with Gasteiger partial charge in [0.15, 0.2) is 0 Å². The fourth-order valence-corrected chi connectivity index (χ4v) is 2.09. The second kappa shape index (κ2) is 4.72. The smallest absolute Gasteiger partial charge is 0.214 e. The van der Waals surface area contributed by atoms with E-state index in [4.69, 9.17) is 0 Å². The molecule has 0 aliphatic carbocycles. The molecule has 0 radical (unpaired) electrons. The summed E-state index contributed by atoms with van der Waals surface area (Å²) < 4.78 is 38.2. The van der Waals surface area contributed by atoms with Crippen LogP contribution >= 0.6 is 0 Å². The Labute approximate surface area is 89.4 Å². The van der Waals surface area contributed by atoms with E-state index in [9.17, 15) is 12.8 Å². The number of sulfonamides is 1. The average molecular weight is 231 g/mol. The minimum absolute atomic E-state index is 0.176. The van der Waals surface area contributed by atoms with Crippen molar-refractivity contribution in [2.24, 2.45) is 0 Å². The van der Waals surface area contributed by atoms with Gasteiger partial charge in [-0.1, -0.05) is 18.2 Å². The van der Waals surface area contributed by atoms with Crippen LogP contribution in [-0.2, 0) is 16.4 Å². The third-order valence-electron chi connectivity index (χ3n) is 2.28. The molecule has 0 aliphatic heterocycles. The van der Waals surface area contributed by atoms with Crippen LogP contribution in [0.3, 0.4) is 0 Å². The zero-order chi connectivity index (χ0) is 11.5. The molecule has 0 aromatic heterocycles. The van der Waals surface area contributed by atoms with Crippen LogP contribution in [-0.4, -0.2) is 20.7 Å². The molecule has 0 bridgehead atoms. The van der Waals surface area contributed by atoms with Gasteiger partial charge in [-0.15, -0.1) is 0 Å². The summed E-state index contributed by atoms with van der Waals surface area (Å²) in [5.74, 6) is -0.365. The topological polar surface area (TPSA) is 46.2 Å². The number of halogens is 1. The fourth-order valence-electron chi connectivity index (χ4n) is 1.28. The van der Waals surface area contributed by atoms with Crippen molar-refractivity contribution in [1.82, 2.24) is 4.72 Å². The van der Waals surface area contributed by atoms with Crippen molar-refractivity contribution in [1.29, 1.82) is 0 Å². The minimum atomic E-state index is -3.33. The predicted molar refractivity (Wildman–Crippen MR) is 57.5 cm³/mol. The molecule has 84 valence electrons. The number of hydrogen-bond acceptors (Lipinski definition) is 2. The van der Waals surface area contributed by atoms with Crippen molar-refractivity contribution < 1.29 is 12.8 Å². The Balaban J connectivity index is 2.84. The molecule has 0 saturated heterocycles. The molecule has 0 amide bonds. The zero-order valence-corrected chi connectivity index (χ0v) is 9.51. The van der Waals surface area contributed by atoms with Gasteiger partial charge in [0.2, 0.25) is 10.0 Å². The predicted octanol–water partition coefficient (Wildman–Crippen LogP) is 1.31. The second-order valence-electron chi connectivity index (χ2n) is 3.36. The zero-order valence-electron chi connectivity index (χ0n) is 8.70. The fraction of sp³-hybridized carbons (Fsp3) is 0.400. The van der Waals surface area contributed by atoms with Gasteiger partial charge in [0.25, 0.3) is 0 Å². The standard InChI is InChI=1S/C10H14FNO2S/c1-8(15(13,14)12-2)7-9-5-3-4-6-10(9)11/h3-6,8,12H,7H2,1-2H3. The summed E-state index contributed by atoms with van der Waals surface area (Å²) in [7, 11) is -1.98. The van der Waals surface area contributed by atoms with Crippen LogP contribution in [0.4, 0.5) is 4.39 Å². The van der Waals surface area contributed by atoms with Crippen LogP contribution in [0.1, 0.15) is 12.5 Å². The van der Waals surface area contributed by atoms with Gasteiger partial charge in [-0.3, -0.25) is 0 Å². The van der Waals surface area contributed by atoms with E-state index in [1.807, 2.05) is 0 Å². The molecular formula is C10H14FNO2S. The number of benzene rings is 1. The molecule has 15 heavy (non-hydrogen) atoms. The highest BCUT2D eigenvalue weighted by atomic mass is 32.2. The van der Waals surface area contributed by atoms with Gasteiger partial charge < -0.3 is 0 Å². The monoisotopic (exact) mass is 231 g/mol. The first-order chi connectivity index (χ1) is 6.97. The maximum absolute atomic E-state index is 13.2. The molecule has 0 spiro atoms. The van der Waals surface area contributed by atoms with Gasteiger partial charge in [-0.25, -0.2) is 17.5 Å². The summed E-state index contributed by atoms with van der Waals surface area (Å²) >= 11 is 0. The van der Waals surface area contributed by atoms with Crippen LogP contribution in [0.15, 0.2) is 24.3 Å². The molecule has 1 unspecified atom stereocenters. The van der Waals surface area contributed by atoms with E-state index in [0.29, 0.717) is 5.56 Å². The molecule has 5 heteroatoms. The molecule has 0 heterocycles. The number of hydrogen-bond donors (Lipinski definition) is 1. The van der Waals surface area contributed by atoms with E-state index >= 15 is 0 Å². The molecule has 3 nitrogen and oxygen atoms in total. The van der Waals surface area contributed by atoms with Gasteiger partial charge in [0.1, 0.15) is 5.82 Å².